The van der Waals surface area contributed by atoms with Crippen LogP contribution in [0, 0.1) is 0 Å². The Kier molecular flexibility index (Phi) is 4.39. The lowest BCUT2D eigenvalue weighted by Gasteiger charge is -2.06. The normalized spacial score (nSPS) is 11.4. The lowest BCUT2D eigenvalue weighted by molar-refractivity contribution is -0.118. The Morgan fingerprint density at radius 2 is 1.80 bits per heavy atom. The van der Waals surface area contributed by atoms with Gasteiger partial charge in [0, 0.05) is 0 Å². The molecule has 1 N–H and O–H groups in total. The number of nitrogens with one attached hydrogen (secondary N) is 1. The van der Waals surface area contributed by atoms with Crippen LogP contribution in [-0.2, 0) is 21.2 Å². The van der Waals surface area contributed by atoms with E-state index in [1.165, 1.54) is 0 Å². The van der Waals surface area contributed by atoms with Crippen LogP contribution in [0.15, 0.2) is 42.5 Å². The number of sulfonamides is 1. The summed E-state index contributed by atoms with van der Waals surface area (Å²) in [5.41, 5.74) is 0.799. The van der Waals surface area contributed by atoms with Gasteiger partial charge >= 0.3 is 0 Å². The molecule has 106 valence electrons. The van der Waals surface area contributed by atoms with E-state index in [1.54, 1.807) is 6.92 Å². The first-order valence-electron chi connectivity index (χ1n) is 6.51. The fourth-order valence-electron chi connectivity index (χ4n) is 2.06. The highest BCUT2D eigenvalue weighted by atomic mass is 32.2. The molecule has 0 unspecified atom stereocenters. The van der Waals surface area contributed by atoms with Crippen molar-refractivity contribution in [1.82, 2.24) is 4.72 Å². The second-order valence-corrected chi connectivity index (χ2v) is 6.54. The molecule has 0 bridgehead atoms. The third-order valence-electron chi connectivity index (χ3n) is 2.92. The molecule has 0 spiro atoms. The van der Waals surface area contributed by atoms with E-state index >= 15 is 0 Å². The van der Waals surface area contributed by atoms with Gasteiger partial charge in [-0.25, -0.2) is 8.42 Å². The van der Waals surface area contributed by atoms with Crippen molar-refractivity contribution in [3.05, 3.63) is 48.0 Å². The Morgan fingerprint density at radius 1 is 1.10 bits per heavy atom. The fraction of sp³-hybridized carbons (Fsp3) is 0.267. The highest BCUT2D eigenvalue weighted by Crippen LogP contribution is 2.15. The van der Waals surface area contributed by atoms with E-state index in [0.717, 1.165) is 16.3 Å². The fourth-order valence-corrected chi connectivity index (χ4v) is 3.12. The average molecular weight is 291 g/mol. The van der Waals surface area contributed by atoms with Gasteiger partial charge in [-0.15, -0.1) is 0 Å². The minimum absolute atomic E-state index is 0.0313. The van der Waals surface area contributed by atoms with Crippen LogP contribution in [0.2, 0.25) is 0 Å². The molecule has 2 aromatic rings. The number of fused-ring (bicyclic) bond motifs is 1. The zero-order chi connectivity index (χ0) is 14.6. The SMILES string of the molecule is CCCS(=O)(=O)NC(=O)Cc1ccc2ccccc2c1. The van der Waals surface area contributed by atoms with E-state index in [9.17, 15) is 13.2 Å². The Hall–Kier alpha value is -1.88. The van der Waals surface area contributed by atoms with Crippen molar-refractivity contribution in [2.24, 2.45) is 0 Å². The molecular weight excluding hydrogens is 274 g/mol. The Balaban J connectivity index is 2.10. The van der Waals surface area contributed by atoms with Gasteiger partial charge < -0.3 is 0 Å². The smallest absolute Gasteiger partial charge is 0.237 e. The predicted octanol–water partition coefficient (Wildman–Crippen LogP) is 2.24. The summed E-state index contributed by atoms with van der Waals surface area (Å²) in [6.45, 7) is 1.76. The van der Waals surface area contributed by atoms with Gasteiger partial charge in [0.05, 0.1) is 12.2 Å². The quantitative estimate of drug-likeness (QED) is 0.919. The number of amides is 1. The average Bonchev–Trinajstić information content (AvgIpc) is 2.37. The number of hydrogen-bond donors (Lipinski definition) is 1. The van der Waals surface area contributed by atoms with Crippen LogP contribution in [0.1, 0.15) is 18.9 Å². The molecule has 0 aliphatic carbocycles. The molecule has 0 fully saturated rings. The molecule has 5 heteroatoms. The molecule has 20 heavy (non-hydrogen) atoms. The van der Waals surface area contributed by atoms with Crippen molar-refractivity contribution in [2.75, 3.05) is 5.75 Å². The van der Waals surface area contributed by atoms with Crippen LogP contribution in [-0.4, -0.2) is 20.1 Å². The molecule has 0 atom stereocenters. The maximum absolute atomic E-state index is 11.7. The third-order valence-corrected chi connectivity index (χ3v) is 4.41. The summed E-state index contributed by atoms with van der Waals surface area (Å²) in [5.74, 6) is -0.523. The van der Waals surface area contributed by atoms with Crippen LogP contribution in [0.25, 0.3) is 10.8 Å². The lowest BCUT2D eigenvalue weighted by atomic mass is 10.1. The van der Waals surface area contributed by atoms with Gasteiger partial charge in [0.15, 0.2) is 0 Å². The second-order valence-electron chi connectivity index (χ2n) is 4.70. The maximum Gasteiger partial charge on any atom is 0.237 e. The van der Waals surface area contributed by atoms with Gasteiger partial charge in [0.25, 0.3) is 0 Å². The monoisotopic (exact) mass is 291 g/mol. The largest absolute Gasteiger partial charge is 0.274 e. The van der Waals surface area contributed by atoms with E-state index in [2.05, 4.69) is 4.72 Å². The third kappa shape index (κ3) is 3.81. The van der Waals surface area contributed by atoms with Gasteiger partial charge in [-0.1, -0.05) is 49.4 Å². The maximum atomic E-state index is 11.7. The summed E-state index contributed by atoms with van der Waals surface area (Å²) in [6, 6.07) is 13.5. The molecule has 0 saturated heterocycles. The van der Waals surface area contributed by atoms with Gasteiger partial charge in [-0.05, 0) is 22.8 Å². The van der Waals surface area contributed by atoms with Crippen LogP contribution < -0.4 is 4.72 Å². The molecule has 0 heterocycles. The molecule has 0 radical (unpaired) electrons. The van der Waals surface area contributed by atoms with Crippen molar-refractivity contribution >= 4 is 26.7 Å². The number of rotatable bonds is 5. The first-order chi connectivity index (χ1) is 9.50. The van der Waals surface area contributed by atoms with Gasteiger partial charge in [-0.2, -0.15) is 0 Å². The number of carbonyl (C=O) groups excluding carboxylic acids is 1. The van der Waals surface area contributed by atoms with Crippen LogP contribution >= 0.6 is 0 Å². The molecule has 0 aliphatic heterocycles. The Morgan fingerprint density at radius 3 is 2.50 bits per heavy atom. The summed E-state index contributed by atoms with van der Waals surface area (Å²) in [5, 5.41) is 2.13. The molecule has 0 aromatic heterocycles. The summed E-state index contributed by atoms with van der Waals surface area (Å²) < 4.78 is 25.1. The van der Waals surface area contributed by atoms with Gasteiger partial charge in [0.1, 0.15) is 0 Å². The minimum Gasteiger partial charge on any atom is -0.274 e. The zero-order valence-electron chi connectivity index (χ0n) is 11.3. The van der Waals surface area contributed by atoms with E-state index < -0.39 is 15.9 Å². The van der Waals surface area contributed by atoms with E-state index in [0.29, 0.717) is 6.42 Å². The van der Waals surface area contributed by atoms with Crippen molar-refractivity contribution in [3.63, 3.8) is 0 Å². The van der Waals surface area contributed by atoms with Crippen LogP contribution in [0.3, 0.4) is 0 Å². The molecule has 1 amide bonds. The first kappa shape index (κ1) is 14.5. The van der Waals surface area contributed by atoms with Crippen molar-refractivity contribution in [3.8, 4) is 0 Å². The Labute approximate surface area is 118 Å². The Bertz CT molecular complexity index is 723. The summed E-state index contributed by atoms with van der Waals surface area (Å²) in [6.07, 6.45) is 0.548. The zero-order valence-corrected chi connectivity index (χ0v) is 12.1. The van der Waals surface area contributed by atoms with Crippen molar-refractivity contribution in [1.29, 1.82) is 0 Å². The van der Waals surface area contributed by atoms with E-state index in [-0.39, 0.29) is 12.2 Å². The summed E-state index contributed by atoms with van der Waals surface area (Å²) in [4.78, 5) is 11.7. The van der Waals surface area contributed by atoms with E-state index in [1.807, 2.05) is 42.5 Å². The topological polar surface area (TPSA) is 63.2 Å². The summed E-state index contributed by atoms with van der Waals surface area (Å²) in [7, 11) is -3.49. The van der Waals surface area contributed by atoms with Crippen LogP contribution in [0.5, 0.6) is 0 Å². The highest BCUT2D eigenvalue weighted by Gasteiger charge is 2.13. The molecule has 0 aliphatic rings. The predicted molar refractivity (Wildman–Crippen MR) is 79.9 cm³/mol. The van der Waals surface area contributed by atoms with Crippen LogP contribution in [0.4, 0.5) is 0 Å². The minimum atomic E-state index is -3.49. The highest BCUT2D eigenvalue weighted by molar-refractivity contribution is 7.90. The molecule has 2 rings (SSSR count). The number of carbonyl (C=O) groups is 1. The standard InChI is InChI=1S/C15H17NO3S/c1-2-9-20(18,19)16-15(17)11-12-7-8-13-5-3-4-6-14(13)10-12/h3-8,10H,2,9,11H2,1H3,(H,16,17). The lowest BCUT2D eigenvalue weighted by Crippen LogP contribution is -2.33. The van der Waals surface area contributed by atoms with Crippen molar-refractivity contribution in [2.45, 2.75) is 19.8 Å². The van der Waals surface area contributed by atoms with Gasteiger partial charge in [0.2, 0.25) is 15.9 Å². The first-order valence-corrected chi connectivity index (χ1v) is 8.16. The molecule has 2 aromatic carbocycles. The molecule has 4 nitrogen and oxygen atoms in total. The van der Waals surface area contributed by atoms with Gasteiger partial charge in [-0.3, -0.25) is 9.52 Å². The number of hydrogen-bond acceptors (Lipinski definition) is 3. The molecular formula is C15H17NO3S. The van der Waals surface area contributed by atoms with E-state index in [4.69, 9.17) is 0 Å². The number of benzene rings is 2. The second kappa shape index (κ2) is 6.05. The van der Waals surface area contributed by atoms with Crippen molar-refractivity contribution < 1.29 is 13.2 Å². The molecule has 0 saturated carbocycles. The summed E-state index contributed by atoms with van der Waals surface area (Å²) >= 11 is 0.